The Hall–Kier alpha value is -1.71. The third-order valence-electron chi connectivity index (χ3n) is 2.98. The lowest BCUT2D eigenvalue weighted by Crippen LogP contribution is -2.28. The van der Waals surface area contributed by atoms with E-state index in [2.05, 4.69) is 19.2 Å². The van der Waals surface area contributed by atoms with Crippen LogP contribution in [0, 0.1) is 5.41 Å². The van der Waals surface area contributed by atoms with Crippen molar-refractivity contribution in [2.45, 2.75) is 26.3 Å². The smallest absolute Gasteiger partial charge is 0.251 e. The third-order valence-corrected chi connectivity index (χ3v) is 2.98. The average Bonchev–Trinajstić information content (AvgIpc) is 2.71. The summed E-state index contributed by atoms with van der Waals surface area (Å²) in [5.41, 5.74) is 0.439. The molecule has 0 heterocycles. The first-order chi connectivity index (χ1) is 7.38. The van der Waals surface area contributed by atoms with Crippen LogP contribution in [0.4, 0.5) is 0 Å². The molecule has 2 rings (SSSR count). The number of carbonyl (C=O) groups excluding carboxylic acids is 1. The SMILES string of the molecule is CC1(C)CC1NC(=O)c1cc(O)cc(O)c1. The second kappa shape index (κ2) is 3.40. The van der Waals surface area contributed by atoms with Gasteiger partial charge < -0.3 is 15.5 Å². The summed E-state index contributed by atoms with van der Waals surface area (Å²) in [5.74, 6) is -0.484. The predicted octanol–water partition coefficient (Wildman–Crippen LogP) is 1.63. The molecule has 86 valence electrons. The number of aromatic hydroxyl groups is 2. The molecule has 1 saturated carbocycles. The number of hydrogen-bond acceptors (Lipinski definition) is 3. The van der Waals surface area contributed by atoms with Crippen molar-refractivity contribution in [3.8, 4) is 11.5 Å². The molecule has 16 heavy (non-hydrogen) atoms. The Balaban J connectivity index is 2.09. The molecular formula is C12H15NO3. The molecular weight excluding hydrogens is 206 g/mol. The number of benzene rings is 1. The lowest BCUT2D eigenvalue weighted by molar-refractivity contribution is 0.0945. The summed E-state index contributed by atoms with van der Waals surface area (Å²) in [4.78, 5) is 11.8. The highest BCUT2D eigenvalue weighted by Gasteiger charge is 2.46. The van der Waals surface area contributed by atoms with Gasteiger partial charge in [-0.15, -0.1) is 0 Å². The van der Waals surface area contributed by atoms with Crippen LogP contribution in [0.2, 0.25) is 0 Å². The Kier molecular flexibility index (Phi) is 2.30. The summed E-state index contributed by atoms with van der Waals surface area (Å²) < 4.78 is 0. The summed E-state index contributed by atoms with van der Waals surface area (Å²) in [6, 6.07) is 4.05. The summed E-state index contributed by atoms with van der Waals surface area (Å²) in [6.07, 6.45) is 0.962. The minimum Gasteiger partial charge on any atom is -0.508 e. The number of phenols is 2. The van der Waals surface area contributed by atoms with Gasteiger partial charge in [0, 0.05) is 17.7 Å². The molecule has 1 aliphatic carbocycles. The molecule has 1 unspecified atom stereocenters. The molecule has 1 fully saturated rings. The molecule has 1 amide bonds. The van der Waals surface area contributed by atoms with E-state index in [0.717, 1.165) is 6.42 Å². The molecule has 0 bridgehead atoms. The molecule has 0 aromatic heterocycles. The summed E-state index contributed by atoms with van der Waals surface area (Å²) in [6.45, 7) is 4.16. The molecule has 0 spiro atoms. The Bertz CT molecular complexity index is 420. The molecule has 1 aliphatic rings. The van der Waals surface area contributed by atoms with E-state index >= 15 is 0 Å². The molecule has 4 heteroatoms. The van der Waals surface area contributed by atoms with Crippen molar-refractivity contribution >= 4 is 5.91 Å². The minimum atomic E-state index is -0.262. The van der Waals surface area contributed by atoms with Crippen molar-refractivity contribution < 1.29 is 15.0 Å². The number of rotatable bonds is 2. The molecule has 1 aromatic rings. The number of nitrogens with one attached hydrogen (secondary N) is 1. The van der Waals surface area contributed by atoms with Crippen molar-refractivity contribution in [1.82, 2.24) is 5.32 Å². The lowest BCUT2D eigenvalue weighted by atomic mass is 10.1. The zero-order valence-electron chi connectivity index (χ0n) is 9.32. The Morgan fingerprint density at radius 2 is 1.81 bits per heavy atom. The van der Waals surface area contributed by atoms with E-state index in [-0.39, 0.29) is 34.4 Å². The highest BCUT2D eigenvalue weighted by atomic mass is 16.3. The van der Waals surface area contributed by atoms with Crippen LogP contribution in [0.1, 0.15) is 30.6 Å². The van der Waals surface area contributed by atoms with Crippen molar-refractivity contribution in [2.24, 2.45) is 5.41 Å². The third kappa shape index (κ3) is 2.10. The van der Waals surface area contributed by atoms with Crippen molar-refractivity contribution in [3.63, 3.8) is 0 Å². The van der Waals surface area contributed by atoms with E-state index in [0.29, 0.717) is 0 Å². The Labute approximate surface area is 93.9 Å². The van der Waals surface area contributed by atoms with E-state index in [4.69, 9.17) is 0 Å². The molecule has 1 atom stereocenters. The van der Waals surface area contributed by atoms with Gasteiger partial charge in [-0.3, -0.25) is 4.79 Å². The van der Waals surface area contributed by atoms with Crippen LogP contribution >= 0.6 is 0 Å². The van der Waals surface area contributed by atoms with E-state index in [9.17, 15) is 15.0 Å². The average molecular weight is 221 g/mol. The fraction of sp³-hybridized carbons (Fsp3) is 0.417. The van der Waals surface area contributed by atoms with E-state index in [1.54, 1.807) is 0 Å². The van der Waals surface area contributed by atoms with Crippen LogP contribution in [0.25, 0.3) is 0 Å². The standard InChI is InChI=1S/C12H15NO3/c1-12(2)6-10(12)13-11(16)7-3-8(14)5-9(15)4-7/h3-5,10,14-15H,6H2,1-2H3,(H,13,16). The van der Waals surface area contributed by atoms with Crippen LogP contribution in [-0.2, 0) is 0 Å². The zero-order chi connectivity index (χ0) is 11.9. The van der Waals surface area contributed by atoms with Gasteiger partial charge >= 0.3 is 0 Å². The summed E-state index contributed by atoms with van der Waals surface area (Å²) in [7, 11) is 0. The first-order valence-corrected chi connectivity index (χ1v) is 5.22. The van der Waals surface area contributed by atoms with Gasteiger partial charge in [-0.1, -0.05) is 13.8 Å². The second-order valence-corrected chi connectivity index (χ2v) is 4.96. The molecule has 4 nitrogen and oxygen atoms in total. The first kappa shape index (κ1) is 10.8. The van der Waals surface area contributed by atoms with Crippen LogP contribution in [0.3, 0.4) is 0 Å². The normalized spacial score (nSPS) is 21.5. The fourth-order valence-electron chi connectivity index (χ4n) is 1.68. The van der Waals surface area contributed by atoms with Gasteiger partial charge in [0.2, 0.25) is 0 Å². The minimum absolute atomic E-state index is 0.111. The van der Waals surface area contributed by atoms with Crippen LogP contribution < -0.4 is 5.32 Å². The monoisotopic (exact) mass is 221 g/mol. The Morgan fingerprint density at radius 3 is 2.25 bits per heavy atom. The zero-order valence-corrected chi connectivity index (χ0v) is 9.32. The van der Waals surface area contributed by atoms with Gasteiger partial charge in [-0.05, 0) is 24.0 Å². The van der Waals surface area contributed by atoms with Gasteiger partial charge in [-0.2, -0.15) is 0 Å². The van der Waals surface area contributed by atoms with E-state index < -0.39 is 0 Å². The highest BCUT2D eigenvalue weighted by Crippen LogP contribution is 2.44. The Morgan fingerprint density at radius 1 is 1.31 bits per heavy atom. The van der Waals surface area contributed by atoms with Gasteiger partial charge in [0.1, 0.15) is 11.5 Å². The fourth-order valence-corrected chi connectivity index (χ4v) is 1.68. The number of phenolic OH excluding ortho intramolecular Hbond substituents is 2. The summed E-state index contributed by atoms with van der Waals surface area (Å²) in [5, 5.41) is 21.4. The maximum atomic E-state index is 11.8. The van der Waals surface area contributed by atoms with Crippen LogP contribution in [0.5, 0.6) is 11.5 Å². The van der Waals surface area contributed by atoms with Crippen molar-refractivity contribution in [3.05, 3.63) is 23.8 Å². The largest absolute Gasteiger partial charge is 0.508 e. The van der Waals surface area contributed by atoms with Crippen molar-refractivity contribution in [1.29, 1.82) is 0 Å². The maximum Gasteiger partial charge on any atom is 0.251 e. The van der Waals surface area contributed by atoms with Crippen molar-refractivity contribution in [2.75, 3.05) is 0 Å². The molecule has 0 aliphatic heterocycles. The molecule has 0 saturated heterocycles. The molecule has 1 aromatic carbocycles. The predicted molar refractivity (Wildman–Crippen MR) is 59.4 cm³/mol. The second-order valence-electron chi connectivity index (χ2n) is 4.96. The van der Waals surface area contributed by atoms with E-state index in [1.165, 1.54) is 18.2 Å². The highest BCUT2D eigenvalue weighted by molar-refractivity contribution is 5.95. The van der Waals surface area contributed by atoms with Crippen LogP contribution in [-0.4, -0.2) is 22.2 Å². The number of carbonyl (C=O) groups is 1. The molecule has 3 N–H and O–H groups in total. The molecule has 0 radical (unpaired) electrons. The quantitative estimate of drug-likeness (QED) is 0.710. The number of hydrogen-bond donors (Lipinski definition) is 3. The van der Waals surface area contributed by atoms with Gasteiger partial charge in [0.25, 0.3) is 5.91 Å². The van der Waals surface area contributed by atoms with E-state index in [1.807, 2.05) is 0 Å². The van der Waals surface area contributed by atoms with Gasteiger partial charge in [0.05, 0.1) is 0 Å². The topological polar surface area (TPSA) is 69.6 Å². The van der Waals surface area contributed by atoms with Gasteiger partial charge in [-0.25, -0.2) is 0 Å². The maximum absolute atomic E-state index is 11.8. The van der Waals surface area contributed by atoms with Gasteiger partial charge in [0.15, 0.2) is 0 Å². The summed E-state index contributed by atoms with van der Waals surface area (Å²) >= 11 is 0. The first-order valence-electron chi connectivity index (χ1n) is 5.22. The lowest BCUT2D eigenvalue weighted by Gasteiger charge is -2.07. The number of amides is 1. The van der Waals surface area contributed by atoms with Crippen LogP contribution in [0.15, 0.2) is 18.2 Å².